The first-order valence-electron chi connectivity index (χ1n) is 12.1. The zero-order chi connectivity index (χ0) is 25.3. The molecule has 5 heteroatoms. The zero-order valence-electron chi connectivity index (χ0n) is 19.9. The lowest BCUT2D eigenvalue weighted by molar-refractivity contribution is -0.112. The molecule has 7 rings (SSSR count). The smallest absolute Gasteiger partial charge is 0.219 e. The number of furan rings is 1. The quantitative estimate of drug-likeness (QED) is 0.167. The first-order valence-corrected chi connectivity index (χ1v) is 13.2. The van der Waals surface area contributed by atoms with E-state index >= 15 is 0 Å². The fraction of sp³-hybridized carbons (Fsp3) is 0.0625. The molecule has 0 fully saturated rings. The van der Waals surface area contributed by atoms with Gasteiger partial charge in [-0.05, 0) is 40.3 Å². The highest BCUT2D eigenvalue weighted by atomic mass is 127. The maximum absolute atomic E-state index is 11.9. The Morgan fingerprint density at radius 1 is 0.757 bits per heavy atom. The van der Waals surface area contributed by atoms with Gasteiger partial charge < -0.3 is 19.2 Å². The topological polar surface area (TPSA) is 58.5 Å². The van der Waals surface area contributed by atoms with Crippen molar-refractivity contribution >= 4 is 55.6 Å². The largest absolute Gasteiger partial charge is 0.455 e. The highest BCUT2D eigenvalue weighted by molar-refractivity contribution is 14.1. The Hall–Kier alpha value is -3.65. The fourth-order valence-electron chi connectivity index (χ4n) is 5.70. The minimum absolute atomic E-state index is 0.432. The molecule has 2 aromatic heterocycles. The monoisotopic (exact) mass is 595 g/mol. The van der Waals surface area contributed by atoms with Crippen LogP contribution < -0.4 is 0 Å². The summed E-state index contributed by atoms with van der Waals surface area (Å²) >= 11 is 2.38. The molecule has 0 unspecified atom stereocenters. The third kappa shape index (κ3) is 3.14. The van der Waals surface area contributed by atoms with Gasteiger partial charge in [0.2, 0.25) is 5.79 Å². The average molecular weight is 595 g/mol. The van der Waals surface area contributed by atoms with Crippen LogP contribution in [-0.4, -0.2) is 14.8 Å². The summed E-state index contributed by atoms with van der Waals surface area (Å²) < 4.78 is 9.64. The Morgan fingerprint density at radius 3 is 2.19 bits per heavy atom. The van der Waals surface area contributed by atoms with Crippen molar-refractivity contribution in [2.45, 2.75) is 5.79 Å². The van der Waals surface area contributed by atoms with Gasteiger partial charge in [-0.25, -0.2) is 0 Å². The van der Waals surface area contributed by atoms with Crippen LogP contribution in [0.4, 0.5) is 0 Å². The van der Waals surface area contributed by atoms with Crippen LogP contribution in [0.15, 0.2) is 108 Å². The maximum atomic E-state index is 11.9. The van der Waals surface area contributed by atoms with Crippen molar-refractivity contribution < 1.29 is 14.6 Å². The number of aryl methyl sites for hydroxylation is 1. The lowest BCUT2D eigenvalue weighted by atomic mass is 9.90. The predicted molar refractivity (Wildman–Crippen MR) is 156 cm³/mol. The normalized spacial score (nSPS) is 14.6. The minimum atomic E-state index is -2.22. The Labute approximate surface area is 227 Å². The molecule has 4 nitrogen and oxygen atoms in total. The standard InChI is InChI=1S/C32H22INO3/c1-34-24-17-9-6-14-21(24)29(33)30(34)26-20-13-5-8-16-23(20)32(35,36)28(26)27-22-15-7-10-18-25(22)37-31(27)19-11-3-2-4-12-19/h2-18,35-36H,1H3. The summed E-state index contributed by atoms with van der Waals surface area (Å²) in [5.74, 6) is -1.61. The lowest BCUT2D eigenvalue weighted by Crippen LogP contribution is -2.24. The number of hydrogen-bond donors (Lipinski definition) is 2. The van der Waals surface area contributed by atoms with E-state index in [-0.39, 0.29) is 0 Å². The van der Waals surface area contributed by atoms with Gasteiger partial charge in [0.05, 0.1) is 5.69 Å². The summed E-state index contributed by atoms with van der Waals surface area (Å²) in [4.78, 5) is 0. The first kappa shape index (κ1) is 22.5. The van der Waals surface area contributed by atoms with Crippen molar-refractivity contribution in [1.82, 2.24) is 4.57 Å². The van der Waals surface area contributed by atoms with E-state index in [4.69, 9.17) is 4.42 Å². The van der Waals surface area contributed by atoms with Gasteiger partial charge in [0.15, 0.2) is 0 Å². The Morgan fingerprint density at radius 2 is 1.41 bits per heavy atom. The first-order chi connectivity index (χ1) is 18.0. The van der Waals surface area contributed by atoms with E-state index in [0.717, 1.165) is 42.3 Å². The molecule has 6 aromatic rings. The van der Waals surface area contributed by atoms with E-state index in [9.17, 15) is 10.2 Å². The minimum Gasteiger partial charge on any atom is -0.455 e. The zero-order valence-corrected chi connectivity index (χ0v) is 22.1. The van der Waals surface area contributed by atoms with Crippen LogP contribution >= 0.6 is 22.6 Å². The highest BCUT2D eigenvalue weighted by Gasteiger charge is 2.46. The number of aliphatic hydroxyl groups is 2. The van der Waals surface area contributed by atoms with E-state index in [1.165, 1.54) is 0 Å². The van der Waals surface area contributed by atoms with Gasteiger partial charge in [-0.3, -0.25) is 0 Å². The van der Waals surface area contributed by atoms with Gasteiger partial charge in [0, 0.05) is 54.7 Å². The van der Waals surface area contributed by atoms with Crippen LogP contribution in [0, 0.1) is 3.57 Å². The lowest BCUT2D eigenvalue weighted by Gasteiger charge is -2.22. The molecule has 1 aliphatic rings. The van der Waals surface area contributed by atoms with Gasteiger partial charge in [-0.2, -0.15) is 0 Å². The number of rotatable bonds is 3. The van der Waals surface area contributed by atoms with E-state index in [0.29, 0.717) is 28.0 Å². The van der Waals surface area contributed by atoms with E-state index in [1.54, 1.807) is 6.07 Å². The van der Waals surface area contributed by atoms with Gasteiger partial charge in [-0.15, -0.1) is 0 Å². The second kappa shape index (κ2) is 8.18. The molecule has 0 spiro atoms. The van der Waals surface area contributed by atoms with Gasteiger partial charge in [0.25, 0.3) is 0 Å². The third-order valence-corrected chi connectivity index (χ3v) is 8.43. The molecule has 0 atom stereocenters. The van der Waals surface area contributed by atoms with Crippen LogP contribution in [0.2, 0.25) is 0 Å². The van der Waals surface area contributed by atoms with Crippen molar-refractivity contribution in [3.8, 4) is 11.3 Å². The second-order valence-corrected chi connectivity index (χ2v) is 10.5. The Balaban J connectivity index is 1.68. The van der Waals surface area contributed by atoms with Crippen LogP contribution in [0.3, 0.4) is 0 Å². The molecule has 0 amide bonds. The summed E-state index contributed by atoms with van der Waals surface area (Å²) in [7, 11) is 2.04. The fourth-order valence-corrected chi connectivity index (χ4v) is 6.79. The van der Waals surface area contributed by atoms with Gasteiger partial charge in [0.1, 0.15) is 11.3 Å². The van der Waals surface area contributed by atoms with Crippen molar-refractivity contribution in [3.05, 3.63) is 129 Å². The van der Waals surface area contributed by atoms with Crippen molar-refractivity contribution in [3.63, 3.8) is 0 Å². The van der Waals surface area contributed by atoms with Crippen molar-refractivity contribution in [2.75, 3.05) is 0 Å². The van der Waals surface area contributed by atoms with Crippen LogP contribution in [-0.2, 0) is 12.8 Å². The molecule has 1 aliphatic carbocycles. The van der Waals surface area contributed by atoms with E-state index in [1.807, 2.05) is 92.0 Å². The Kier molecular flexibility index (Phi) is 4.98. The van der Waals surface area contributed by atoms with Gasteiger partial charge >= 0.3 is 0 Å². The molecule has 0 saturated carbocycles. The van der Waals surface area contributed by atoms with Crippen molar-refractivity contribution in [1.29, 1.82) is 0 Å². The number of nitrogens with zero attached hydrogens (tertiary/aromatic N) is 1. The van der Waals surface area contributed by atoms with E-state index in [2.05, 4.69) is 39.3 Å². The van der Waals surface area contributed by atoms with Crippen LogP contribution in [0.25, 0.3) is 44.3 Å². The number of halogens is 1. The summed E-state index contributed by atoms with van der Waals surface area (Å²) in [6.07, 6.45) is 0. The van der Waals surface area contributed by atoms with Crippen LogP contribution in [0.1, 0.15) is 22.4 Å². The Bertz CT molecular complexity index is 1840. The van der Waals surface area contributed by atoms with Gasteiger partial charge in [-0.1, -0.05) is 91.0 Å². The SMILES string of the molecule is Cn1c(C2=C(c3c(-c4ccccc4)oc4ccccc34)C(O)(O)c3ccccc32)c(I)c2ccccc21. The molecule has 37 heavy (non-hydrogen) atoms. The third-order valence-electron chi connectivity index (χ3n) is 7.33. The van der Waals surface area contributed by atoms with Crippen LogP contribution in [0.5, 0.6) is 0 Å². The molecule has 0 bridgehead atoms. The summed E-state index contributed by atoms with van der Waals surface area (Å²) in [5, 5.41) is 25.8. The predicted octanol–water partition coefficient (Wildman–Crippen LogP) is 7.31. The van der Waals surface area contributed by atoms with E-state index < -0.39 is 5.79 Å². The number of benzene rings is 4. The molecule has 4 aromatic carbocycles. The molecular weight excluding hydrogens is 573 g/mol. The highest BCUT2D eigenvalue weighted by Crippen LogP contribution is 2.55. The molecular formula is C32H22INO3. The molecule has 180 valence electrons. The second-order valence-electron chi connectivity index (χ2n) is 9.37. The summed E-state index contributed by atoms with van der Waals surface area (Å²) in [6.45, 7) is 0. The molecule has 2 N–H and O–H groups in total. The molecule has 0 saturated heterocycles. The van der Waals surface area contributed by atoms with Crippen molar-refractivity contribution in [2.24, 2.45) is 7.05 Å². The number of fused-ring (bicyclic) bond motifs is 3. The molecule has 0 radical (unpaired) electrons. The number of hydrogen-bond acceptors (Lipinski definition) is 3. The molecule has 0 aliphatic heterocycles. The number of aromatic nitrogens is 1. The molecule has 2 heterocycles. The average Bonchev–Trinajstić information content (AvgIpc) is 3.50. The summed E-state index contributed by atoms with van der Waals surface area (Å²) in [6, 6.07) is 33.5. The summed E-state index contributed by atoms with van der Waals surface area (Å²) in [5.41, 5.74) is 6.79. The maximum Gasteiger partial charge on any atom is 0.219 e. The number of para-hydroxylation sites is 2.